The molecule has 0 spiro atoms. The standard InChI is InChI=1S/C19H18ClN3O2/c1-3-23(19(24)15-8-5-9-16(20)11-15)12-17-21-18(22-25-17)14-7-4-6-13(2)10-14/h4-11H,3,12H2,1-2H3. The Hall–Kier alpha value is -2.66. The minimum absolute atomic E-state index is 0.125. The van der Waals surface area contributed by atoms with Gasteiger partial charge in [0.15, 0.2) is 0 Å². The number of halogens is 1. The number of aromatic nitrogens is 2. The Kier molecular flexibility index (Phi) is 5.14. The number of benzene rings is 2. The minimum Gasteiger partial charge on any atom is -0.337 e. The second-order valence-electron chi connectivity index (χ2n) is 5.71. The molecule has 1 aromatic heterocycles. The van der Waals surface area contributed by atoms with Crippen LogP contribution in [0.5, 0.6) is 0 Å². The molecule has 128 valence electrons. The van der Waals surface area contributed by atoms with E-state index in [4.69, 9.17) is 16.1 Å². The van der Waals surface area contributed by atoms with E-state index >= 15 is 0 Å². The number of nitrogens with zero attached hydrogens (tertiary/aromatic N) is 3. The van der Waals surface area contributed by atoms with Gasteiger partial charge in [-0.2, -0.15) is 4.98 Å². The average Bonchev–Trinajstić information content (AvgIpc) is 3.08. The molecule has 0 atom stereocenters. The number of carbonyl (C=O) groups excluding carboxylic acids is 1. The predicted molar refractivity (Wildman–Crippen MR) is 96.3 cm³/mol. The zero-order valence-electron chi connectivity index (χ0n) is 14.1. The number of rotatable bonds is 5. The monoisotopic (exact) mass is 355 g/mol. The maximum Gasteiger partial charge on any atom is 0.254 e. The quantitative estimate of drug-likeness (QED) is 0.682. The molecule has 3 aromatic rings. The van der Waals surface area contributed by atoms with Crippen LogP contribution in [0, 0.1) is 6.92 Å². The summed E-state index contributed by atoms with van der Waals surface area (Å²) in [6, 6.07) is 14.8. The van der Waals surface area contributed by atoms with Crippen molar-refractivity contribution in [3.05, 3.63) is 70.6 Å². The summed E-state index contributed by atoms with van der Waals surface area (Å²) >= 11 is 5.97. The summed E-state index contributed by atoms with van der Waals surface area (Å²) in [4.78, 5) is 18.7. The first kappa shape index (κ1) is 17.2. The van der Waals surface area contributed by atoms with Crippen LogP contribution in [-0.4, -0.2) is 27.5 Å². The van der Waals surface area contributed by atoms with Crippen molar-refractivity contribution in [3.8, 4) is 11.4 Å². The Morgan fingerprint density at radius 1 is 1.20 bits per heavy atom. The molecule has 0 aliphatic carbocycles. The van der Waals surface area contributed by atoms with E-state index in [0.29, 0.717) is 28.8 Å². The van der Waals surface area contributed by atoms with E-state index in [0.717, 1.165) is 11.1 Å². The summed E-state index contributed by atoms with van der Waals surface area (Å²) in [5.74, 6) is 0.791. The molecule has 0 aliphatic heterocycles. The summed E-state index contributed by atoms with van der Waals surface area (Å²) in [6.07, 6.45) is 0. The van der Waals surface area contributed by atoms with Gasteiger partial charge in [0.25, 0.3) is 5.91 Å². The average molecular weight is 356 g/mol. The Morgan fingerprint density at radius 3 is 2.72 bits per heavy atom. The highest BCUT2D eigenvalue weighted by molar-refractivity contribution is 6.30. The van der Waals surface area contributed by atoms with Crippen LogP contribution in [0.25, 0.3) is 11.4 Å². The molecule has 1 heterocycles. The molecule has 3 rings (SSSR count). The highest BCUT2D eigenvalue weighted by Crippen LogP contribution is 2.18. The number of hydrogen-bond acceptors (Lipinski definition) is 4. The lowest BCUT2D eigenvalue weighted by molar-refractivity contribution is 0.0734. The number of aryl methyl sites for hydroxylation is 1. The van der Waals surface area contributed by atoms with Gasteiger partial charge in [-0.15, -0.1) is 0 Å². The van der Waals surface area contributed by atoms with E-state index in [2.05, 4.69) is 10.1 Å². The largest absolute Gasteiger partial charge is 0.337 e. The predicted octanol–water partition coefficient (Wildman–Crippen LogP) is 4.36. The van der Waals surface area contributed by atoms with E-state index in [9.17, 15) is 4.79 Å². The third-order valence-corrected chi connectivity index (χ3v) is 4.05. The highest BCUT2D eigenvalue weighted by Gasteiger charge is 2.18. The summed E-state index contributed by atoms with van der Waals surface area (Å²) in [7, 11) is 0. The van der Waals surface area contributed by atoms with Gasteiger partial charge in [0.05, 0.1) is 0 Å². The zero-order valence-corrected chi connectivity index (χ0v) is 14.8. The van der Waals surface area contributed by atoms with E-state index in [1.54, 1.807) is 29.2 Å². The molecule has 6 heteroatoms. The van der Waals surface area contributed by atoms with Gasteiger partial charge in [-0.1, -0.05) is 46.6 Å². The molecule has 0 fully saturated rings. The topological polar surface area (TPSA) is 59.2 Å². The van der Waals surface area contributed by atoms with Crippen LogP contribution in [0.15, 0.2) is 53.1 Å². The van der Waals surface area contributed by atoms with Crippen molar-refractivity contribution in [2.45, 2.75) is 20.4 Å². The summed E-state index contributed by atoms with van der Waals surface area (Å²) in [5, 5.41) is 4.55. The van der Waals surface area contributed by atoms with Crippen molar-refractivity contribution >= 4 is 17.5 Å². The summed E-state index contributed by atoms with van der Waals surface area (Å²) in [5.41, 5.74) is 2.54. The van der Waals surface area contributed by atoms with Crippen LogP contribution in [0.1, 0.15) is 28.7 Å². The smallest absolute Gasteiger partial charge is 0.254 e. The lowest BCUT2D eigenvalue weighted by Crippen LogP contribution is -2.30. The number of amides is 1. The van der Waals surface area contributed by atoms with Crippen LogP contribution < -0.4 is 0 Å². The van der Waals surface area contributed by atoms with Crippen LogP contribution >= 0.6 is 11.6 Å². The van der Waals surface area contributed by atoms with Gasteiger partial charge in [-0.25, -0.2) is 0 Å². The molecule has 1 amide bonds. The van der Waals surface area contributed by atoms with Gasteiger partial charge in [0.2, 0.25) is 11.7 Å². The van der Waals surface area contributed by atoms with Crippen molar-refractivity contribution in [1.29, 1.82) is 0 Å². The van der Waals surface area contributed by atoms with Crippen molar-refractivity contribution in [3.63, 3.8) is 0 Å². The van der Waals surface area contributed by atoms with Gasteiger partial charge in [-0.05, 0) is 38.1 Å². The molecule has 0 saturated carbocycles. The molecule has 0 radical (unpaired) electrons. The normalized spacial score (nSPS) is 10.7. The maximum atomic E-state index is 12.6. The number of hydrogen-bond donors (Lipinski definition) is 0. The molecule has 0 N–H and O–H groups in total. The third kappa shape index (κ3) is 4.06. The van der Waals surface area contributed by atoms with Gasteiger partial charge < -0.3 is 9.42 Å². The van der Waals surface area contributed by atoms with E-state index in [1.165, 1.54) is 0 Å². The van der Waals surface area contributed by atoms with Crippen molar-refractivity contribution < 1.29 is 9.32 Å². The molecule has 0 bridgehead atoms. The minimum atomic E-state index is -0.125. The first-order valence-corrected chi connectivity index (χ1v) is 8.39. The van der Waals surface area contributed by atoms with Gasteiger partial charge in [0.1, 0.15) is 6.54 Å². The van der Waals surface area contributed by atoms with Crippen LogP contribution in [0.2, 0.25) is 5.02 Å². The fourth-order valence-electron chi connectivity index (χ4n) is 2.52. The molecular formula is C19H18ClN3O2. The van der Waals surface area contributed by atoms with E-state index in [-0.39, 0.29) is 12.5 Å². The summed E-state index contributed by atoms with van der Waals surface area (Å²) < 4.78 is 5.32. The Labute approximate surface area is 151 Å². The van der Waals surface area contributed by atoms with Crippen LogP contribution in [-0.2, 0) is 6.54 Å². The third-order valence-electron chi connectivity index (χ3n) is 3.81. The van der Waals surface area contributed by atoms with Gasteiger partial charge in [0, 0.05) is 22.7 Å². The highest BCUT2D eigenvalue weighted by atomic mass is 35.5. The SMILES string of the molecule is CCN(Cc1nc(-c2cccc(C)c2)no1)C(=O)c1cccc(Cl)c1. The Morgan fingerprint density at radius 2 is 2.00 bits per heavy atom. The van der Waals surface area contributed by atoms with Crippen LogP contribution in [0.4, 0.5) is 0 Å². The van der Waals surface area contributed by atoms with Crippen LogP contribution in [0.3, 0.4) is 0 Å². The van der Waals surface area contributed by atoms with Gasteiger partial charge >= 0.3 is 0 Å². The van der Waals surface area contributed by atoms with Crippen molar-refractivity contribution in [2.24, 2.45) is 0 Å². The molecule has 25 heavy (non-hydrogen) atoms. The fraction of sp³-hybridized carbons (Fsp3) is 0.211. The second kappa shape index (κ2) is 7.49. The molecule has 5 nitrogen and oxygen atoms in total. The Balaban J connectivity index is 1.77. The maximum absolute atomic E-state index is 12.6. The van der Waals surface area contributed by atoms with E-state index < -0.39 is 0 Å². The second-order valence-corrected chi connectivity index (χ2v) is 6.15. The molecule has 2 aromatic carbocycles. The molecule has 0 unspecified atom stereocenters. The molecular weight excluding hydrogens is 338 g/mol. The molecule has 0 saturated heterocycles. The van der Waals surface area contributed by atoms with Crippen molar-refractivity contribution in [1.82, 2.24) is 15.0 Å². The Bertz CT molecular complexity index is 892. The fourth-order valence-corrected chi connectivity index (χ4v) is 2.71. The van der Waals surface area contributed by atoms with Gasteiger partial charge in [-0.3, -0.25) is 4.79 Å². The first-order valence-electron chi connectivity index (χ1n) is 8.01. The lowest BCUT2D eigenvalue weighted by Gasteiger charge is -2.18. The lowest BCUT2D eigenvalue weighted by atomic mass is 10.1. The zero-order chi connectivity index (χ0) is 17.8. The van der Waals surface area contributed by atoms with E-state index in [1.807, 2.05) is 38.1 Å². The summed E-state index contributed by atoms with van der Waals surface area (Å²) in [6.45, 7) is 4.68. The molecule has 0 aliphatic rings. The van der Waals surface area contributed by atoms with Crippen molar-refractivity contribution in [2.75, 3.05) is 6.54 Å². The number of carbonyl (C=O) groups is 1. The first-order chi connectivity index (χ1) is 12.1.